The van der Waals surface area contributed by atoms with Crippen LogP contribution in [0.4, 0.5) is 4.39 Å². The standard InChI is InChI=1S/C17H11ClFNO4S/c1-17(2)16(23)11-10(6-20)14(12(21)13(22)15(11)25-17)24-9-4-7(18)3-8(19)5-9/h3-5,16,23H,1-2H3. The second kappa shape index (κ2) is 5.99. The number of nitriles is 1. The van der Waals surface area contributed by atoms with Crippen LogP contribution in [0.25, 0.3) is 0 Å². The Kier molecular flexibility index (Phi) is 4.23. The van der Waals surface area contributed by atoms with E-state index in [1.165, 1.54) is 6.07 Å². The molecule has 3 rings (SSSR count). The van der Waals surface area contributed by atoms with E-state index in [0.717, 1.165) is 23.9 Å². The summed E-state index contributed by atoms with van der Waals surface area (Å²) < 4.78 is 18.0. The molecule has 0 saturated carbocycles. The number of nitrogens with zero attached hydrogens (tertiary/aromatic N) is 1. The fraction of sp³-hybridized carbons (Fsp3) is 0.235. The minimum absolute atomic E-state index is 0.0289. The van der Waals surface area contributed by atoms with E-state index in [4.69, 9.17) is 16.3 Å². The molecule has 128 valence electrons. The molecule has 1 aromatic rings. The highest BCUT2D eigenvalue weighted by Gasteiger charge is 2.50. The van der Waals surface area contributed by atoms with Crippen molar-refractivity contribution in [2.75, 3.05) is 0 Å². The summed E-state index contributed by atoms with van der Waals surface area (Å²) >= 11 is 6.79. The lowest BCUT2D eigenvalue weighted by Crippen LogP contribution is -2.32. The SMILES string of the molecule is CC1(C)SC2=C(C(C#N)=C(Oc3cc(F)cc(Cl)c3)C(=O)C2=O)C1O. The molecule has 1 aromatic carbocycles. The molecule has 0 amide bonds. The van der Waals surface area contributed by atoms with Gasteiger partial charge in [-0.1, -0.05) is 11.6 Å². The third-order valence-electron chi connectivity index (χ3n) is 3.82. The molecule has 1 aliphatic carbocycles. The fourth-order valence-corrected chi connectivity index (χ4v) is 4.10. The number of carbonyl (C=O) groups excluding carboxylic acids is 2. The van der Waals surface area contributed by atoms with E-state index < -0.39 is 34.0 Å². The summed E-state index contributed by atoms with van der Waals surface area (Å²) in [5, 5.41) is 20.0. The van der Waals surface area contributed by atoms with Gasteiger partial charge in [-0.15, -0.1) is 11.8 Å². The Bertz CT molecular complexity index is 909. The van der Waals surface area contributed by atoms with Gasteiger partial charge in [0.1, 0.15) is 23.2 Å². The topological polar surface area (TPSA) is 87.4 Å². The Hall–Kier alpha value is -2.14. The second-order valence-corrected chi connectivity index (χ2v) is 8.13. The van der Waals surface area contributed by atoms with E-state index in [1.54, 1.807) is 13.8 Å². The molecule has 0 spiro atoms. The molecule has 1 atom stereocenters. The summed E-state index contributed by atoms with van der Waals surface area (Å²) in [7, 11) is 0. The molecule has 8 heteroatoms. The van der Waals surface area contributed by atoms with Gasteiger partial charge in [0.25, 0.3) is 5.78 Å². The normalized spacial score (nSPS) is 22.2. The van der Waals surface area contributed by atoms with Crippen LogP contribution < -0.4 is 4.74 Å². The number of Topliss-reactive ketones (excluding diaryl/α,β-unsaturated/α-hetero) is 2. The highest BCUT2D eigenvalue weighted by atomic mass is 35.5. The van der Waals surface area contributed by atoms with Crippen LogP contribution in [-0.2, 0) is 9.59 Å². The van der Waals surface area contributed by atoms with Gasteiger partial charge in [-0.3, -0.25) is 9.59 Å². The van der Waals surface area contributed by atoms with Gasteiger partial charge >= 0.3 is 0 Å². The monoisotopic (exact) mass is 379 g/mol. The fourth-order valence-electron chi connectivity index (χ4n) is 2.62. The Labute approximate surface area is 151 Å². The first kappa shape index (κ1) is 17.7. The lowest BCUT2D eigenvalue weighted by atomic mass is 9.87. The molecule has 1 heterocycles. The average Bonchev–Trinajstić information content (AvgIpc) is 2.75. The van der Waals surface area contributed by atoms with Crippen molar-refractivity contribution in [3.8, 4) is 11.8 Å². The van der Waals surface area contributed by atoms with Crippen LogP contribution in [0.2, 0.25) is 5.02 Å². The molecule has 0 radical (unpaired) electrons. The van der Waals surface area contributed by atoms with Crippen molar-refractivity contribution < 1.29 is 23.8 Å². The van der Waals surface area contributed by atoms with Crippen molar-refractivity contribution in [1.82, 2.24) is 0 Å². The summed E-state index contributed by atoms with van der Waals surface area (Å²) in [6, 6.07) is 5.08. The number of rotatable bonds is 2. The van der Waals surface area contributed by atoms with Crippen LogP contribution in [0.3, 0.4) is 0 Å². The predicted octanol–water partition coefficient (Wildman–Crippen LogP) is 2.93. The Morgan fingerprint density at radius 2 is 2.00 bits per heavy atom. The summed E-state index contributed by atoms with van der Waals surface area (Å²) in [6.07, 6.45) is -1.13. The van der Waals surface area contributed by atoms with Crippen molar-refractivity contribution in [3.05, 3.63) is 50.8 Å². The van der Waals surface area contributed by atoms with Gasteiger partial charge in [-0.2, -0.15) is 5.26 Å². The number of halogens is 2. The maximum Gasteiger partial charge on any atom is 0.270 e. The molecule has 0 saturated heterocycles. The second-order valence-electron chi connectivity index (χ2n) is 6.03. The van der Waals surface area contributed by atoms with Crippen LogP contribution in [0, 0.1) is 17.1 Å². The first-order valence-electron chi connectivity index (χ1n) is 7.14. The third kappa shape index (κ3) is 2.86. The van der Waals surface area contributed by atoms with Crippen molar-refractivity contribution in [3.63, 3.8) is 0 Å². The maximum atomic E-state index is 13.5. The van der Waals surface area contributed by atoms with Crippen molar-refractivity contribution in [1.29, 1.82) is 5.26 Å². The molecule has 0 fully saturated rings. The minimum atomic E-state index is -1.13. The van der Waals surface area contributed by atoms with Crippen LogP contribution in [-0.4, -0.2) is 27.5 Å². The van der Waals surface area contributed by atoms with E-state index in [1.807, 2.05) is 6.07 Å². The molecular weight excluding hydrogens is 369 g/mol. The Morgan fingerprint density at radius 1 is 1.32 bits per heavy atom. The Morgan fingerprint density at radius 3 is 2.60 bits per heavy atom. The van der Waals surface area contributed by atoms with Gasteiger partial charge < -0.3 is 9.84 Å². The first-order chi connectivity index (χ1) is 11.7. The summed E-state index contributed by atoms with van der Waals surface area (Å²) in [5.74, 6) is -3.24. The molecule has 1 unspecified atom stereocenters. The van der Waals surface area contributed by atoms with Crippen molar-refractivity contribution >= 4 is 34.9 Å². The lowest BCUT2D eigenvalue weighted by molar-refractivity contribution is -0.133. The summed E-state index contributed by atoms with van der Waals surface area (Å²) in [6.45, 7) is 3.39. The quantitative estimate of drug-likeness (QED) is 0.628. The largest absolute Gasteiger partial charge is 0.452 e. The van der Waals surface area contributed by atoms with Gasteiger partial charge in [-0.25, -0.2) is 4.39 Å². The van der Waals surface area contributed by atoms with E-state index in [0.29, 0.717) is 0 Å². The number of aliphatic hydroxyl groups excluding tert-OH is 1. The molecular formula is C17H11ClFNO4S. The number of carbonyl (C=O) groups is 2. The molecule has 1 N–H and O–H groups in total. The zero-order chi connectivity index (χ0) is 18.5. The Balaban J connectivity index is 2.14. The van der Waals surface area contributed by atoms with Gasteiger partial charge in [0.15, 0.2) is 5.76 Å². The van der Waals surface area contributed by atoms with Crippen molar-refractivity contribution in [2.45, 2.75) is 24.7 Å². The molecule has 0 aromatic heterocycles. The highest BCUT2D eigenvalue weighted by Crippen LogP contribution is 2.51. The van der Waals surface area contributed by atoms with Crippen LogP contribution in [0.5, 0.6) is 5.75 Å². The number of hydrogen-bond donors (Lipinski definition) is 1. The molecule has 25 heavy (non-hydrogen) atoms. The minimum Gasteiger partial charge on any atom is -0.452 e. The van der Waals surface area contributed by atoms with Gasteiger partial charge in [-0.05, 0) is 26.0 Å². The lowest BCUT2D eigenvalue weighted by Gasteiger charge is -2.23. The maximum absolute atomic E-state index is 13.5. The van der Waals surface area contributed by atoms with Crippen molar-refractivity contribution in [2.24, 2.45) is 0 Å². The van der Waals surface area contributed by atoms with E-state index >= 15 is 0 Å². The number of benzene rings is 1. The molecule has 1 aliphatic heterocycles. The van der Waals surface area contributed by atoms with E-state index in [-0.39, 0.29) is 26.8 Å². The predicted molar refractivity (Wildman–Crippen MR) is 89.4 cm³/mol. The zero-order valence-corrected chi connectivity index (χ0v) is 14.7. The van der Waals surface area contributed by atoms with Crippen LogP contribution in [0.15, 0.2) is 40.0 Å². The average molecular weight is 380 g/mol. The van der Waals surface area contributed by atoms with Crippen LogP contribution >= 0.6 is 23.4 Å². The van der Waals surface area contributed by atoms with Crippen LogP contribution in [0.1, 0.15) is 13.8 Å². The summed E-state index contributed by atoms with van der Waals surface area (Å²) in [4.78, 5) is 24.8. The number of allylic oxidation sites excluding steroid dienone is 2. The first-order valence-corrected chi connectivity index (χ1v) is 8.34. The summed E-state index contributed by atoms with van der Waals surface area (Å²) in [5.41, 5.74) is -0.162. The van der Waals surface area contributed by atoms with Gasteiger partial charge in [0.05, 0.1) is 11.0 Å². The molecule has 5 nitrogen and oxygen atoms in total. The third-order valence-corrected chi connectivity index (χ3v) is 5.40. The number of hydrogen-bond acceptors (Lipinski definition) is 6. The smallest absolute Gasteiger partial charge is 0.270 e. The van der Waals surface area contributed by atoms with Gasteiger partial charge in [0.2, 0.25) is 5.78 Å². The van der Waals surface area contributed by atoms with E-state index in [2.05, 4.69) is 0 Å². The highest BCUT2D eigenvalue weighted by molar-refractivity contribution is 8.05. The number of ether oxygens (including phenoxy) is 1. The number of aliphatic hydroxyl groups is 1. The number of thioether (sulfide) groups is 1. The molecule has 2 aliphatic rings. The van der Waals surface area contributed by atoms with Gasteiger partial charge in [0, 0.05) is 21.4 Å². The molecule has 0 bridgehead atoms. The zero-order valence-electron chi connectivity index (χ0n) is 13.1. The number of ketones is 2. The van der Waals surface area contributed by atoms with E-state index in [9.17, 15) is 24.3 Å².